The number of non-ortho nitro benzene ring substituents is 1. The maximum absolute atomic E-state index is 13.7. The maximum atomic E-state index is 13.7. The predicted molar refractivity (Wildman–Crippen MR) is 93.7 cm³/mol. The van der Waals surface area contributed by atoms with Crippen LogP contribution in [0.3, 0.4) is 0 Å². The largest absolute Gasteiger partial charge is 0.310 e. The molecular weight excluding hydrogens is 339 g/mol. The van der Waals surface area contributed by atoms with Crippen molar-refractivity contribution < 1.29 is 14.1 Å². The third-order valence-electron chi connectivity index (χ3n) is 3.71. The van der Waals surface area contributed by atoms with E-state index in [9.17, 15) is 19.3 Å². The van der Waals surface area contributed by atoms with E-state index in [1.165, 1.54) is 35.0 Å². The number of aryl methyl sites for hydroxylation is 1. The van der Waals surface area contributed by atoms with E-state index in [0.717, 1.165) is 0 Å². The highest BCUT2D eigenvalue weighted by Crippen LogP contribution is 2.20. The van der Waals surface area contributed by atoms with Gasteiger partial charge in [-0.2, -0.15) is 5.10 Å². The van der Waals surface area contributed by atoms with Gasteiger partial charge in [-0.05, 0) is 30.7 Å². The molecule has 2 aromatic carbocycles. The second-order valence-corrected chi connectivity index (χ2v) is 5.67. The zero-order chi connectivity index (χ0) is 18.7. The molecule has 7 nitrogen and oxygen atoms in total. The van der Waals surface area contributed by atoms with Crippen molar-refractivity contribution in [3.05, 3.63) is 81.8 Å². The summed E-state index contributed by atoms with van der Waals surface area (Å²) in [7, 11) is 0. The molecule has 1 N–H and O–H groups in total. The number of anilines is 1. The number of nitro groups is 1. The Hall–Kier alpha value is -3.55. The standard InChI is InChI=1S/C18H15FN4O3/c1-12-10-17(20-18(24)11-13-4-2-3-5-16(13)19)22(21-12)14-6-8-15(9-7-14)23(25)26/h2-10H,11H2,1H3,(H,20,24). The number of nitrogens with one attached hydrogen (secondary N) is 1. The number of hydrogen-bond donors (Lipinski definition) is 1. The summed E-state index contributed by atoms with van der Waals surface area (Å²) in [5.74, 6) is -0.432. The highest BCUT2D eigenvalue weighted by molar-refractivity contribution is 5.91. The molecule has 1 amide bonds. The van der Waals surface area contributed by atoms with Gasteiger partial charge < -0.3 is 5.32 Å². The van der Waals surface area contributed by atoms with E-state index in [1.54, 1.807) is 31.2 Å². The van der Waals surface area contributed by atoms with Crippen molar-refractivity contribution in [2.24, 2.45) is 0 Å². The van der Waals surface area contributed by atoms with Crippen LogP contribution in [-0.2, 0) is 11.2 Å². The average Bonchev–Trinajstić information content (AvgIpc) is 2.97. The van der Waals surface area contributed by atoms with Gasteiger partial charge in [0.2, 0.25) is 5.91 Å². The second kappa shape index (κ2) is 7.14. The van der Waals surface area contributed by atoms with Gasteiger partial charge in [0.05, 0.1) is 22.7 Å². The predicted octanol–water partition coefficient (Wildman–Crippen LogP) is 3.41. The van der Waals surface area contributed by atoms with Gasteiger partial charge in [-0.3, -0.25) is 14.9 Å². The zero-order valence-electron chi connectivity index (χ0n) is 13.8. The minimum Gasteiger partial charge on any atom is -0.310 e. The van der Waals surface area contributed by atoms with Crippen LogP contribution in [0.4, 0.5) is 15.9 Å². The first-order valence-electron chi connectivity index (χ1n) is 7.79. The SMILES string of the molecule is Cc1cc(NC(=O)Cc2ccccc2F)n(-c2ccc([N+](=O)[O-])cc2)n1. The van der Waals surface area contributed by atoms with Crippen LogP contribution in [0.2, 0.25) is 0 Å². The molecule has 0 radical (unpaired) electrons. The Morgan fingerprint density at radius 2 is 1.92 bits per heavy atom. The van der Waals surface area contributed by atoms with Gasteiger partial charge in [0.1, 0.15) is 11.6 Å². The number of benzene rings is 2. The zero-order valence-corrected chi connectivity index (χ0v) is 13.8. The van der Waals surface area contributed by atoms with E-state index in [2.05, 4.69) is 10.4 Å². The number of carbonyl (C=O) groups is 1. The maximum Gasteiger partial charge on any atom is 0.269 e. The molecule has 3 aromatic rings. The van der Waals surface area contributed by atoms with Crippen molar-refractivity contribution in [2.75, 3.05) is 5.32 Å². The Kier molecular flexibility index (Phi) is 4.74. The van der Waals surface area contributed by atoms with Gasteiger partial charge in [0.25, 0.3) is 5.69 Å². The van der Waals surface area contributed by atoms with E-state index in [0.29, 0.717) is 22.8 Å². The van der Waals surface area contributed by atoms with Crippen LogP contribution in [0.15, 0.2) is 54.6 Å². The number of hydrogen-bond acceptors (Lipinski definition) is 4. The Balaban J connectivity index is 1.82. The third kappa shape index (κ3) is 3.75. The molecule has 1 aromatic heterocycles. The van der Waals surface area contributed by atoms with E-state index < -0.39 is 16.6 Å². The first-order chi connectivity index (χ1) is 12.4. The van der Waals surface area contributed by atoms with Crippen LogP contribution in [0.5, 0.6) is 0 Å². The van der Waals surface area contributed by atoms with Crippen molar-refractivity contribution in [3.63, 3.8) is 0 Å². The van der Waals surface area contributed by atoms with Crippen molar-refractivity contribution in [1.29, 1.82) is 0 Å². The van der Waals surface area contributed by atoms with Gasteiger partial charge in [0.15, 0.2) is 0 Å². The highest BCUT2D eigenvalue weighted by Gasteiger charge is 2.14. The minimum absolute atomic E-state index is 0.0391. The highest BCUT2D eigenvalue weighted by atomic mass is 19.1. The number of aromatic nitrogens is 2. The summed E-state index contributed by atoms with van der Waals surface area (Å²) in [4.78, 5) is 22.5. The van der Waals surface area contributed by atoms with Crippen LogP contribution in [-0.4, -0.2) is 20.6 Å². The lowest BCUT2D eigenvalue weighted by Crippen LogP contribution is -2.17. The number of nitro benzene ring substituents is 1. The van der Waals surface area contributed by atoms with Crippen molar-refractivity contribution >= 4 is 17.4 Å². The molecule has 0 spiro atoms. The lowest BCUT2D eigenvalue weighted by Gasteiger charge is -2.09. The fourth-order valence-electron chi connectivity index (χ4n) is 2.50. The third-order valence-corrected chi connectivity index (χ3v) is 3.71. The molecule has 26 heavy (non-hydrogen) atoms. The van der Waals surface area contributed by atoms with E-state index in [1.807, 2.05) is 0 Å². The van der Waals surface area contributed by atoms with Crippen LogP contribution >= 0.6 is 0 Å². The molecule has 3 rings (SSSR count). The van der Waals surface area contributed by atoms with E-state index in [4.69, 9.17) is 0 Å². The lowest BCUT2D eigenvalue weighted by molar-refractivity contribution is -0.384. The first kappa shape index (κ1) is 17.3. The number of halogens is 1. The molecule has 0 fully saturated rings. The molecule has 0 saturated heterocycles. The van der Waals surface area contributed by atoms with Crippen molar-refractivity contribution in [1.82, 2.24) is 9.78 Å². The minimum atomic E-state index is -0.491. The molecule has 0 aliphatic carbocycles. The van der Waals surface area contributed by atoms with Crippen LogP contribution in [0.25, 0.3) is 5.69 Å². The Morgan fingerprint density at radius 1 is 1.23 bits per heavy atom. The Morgan fingerprint density at radius 3 is 2.58 bits per heavy atom. The van der Waals surface area contributed by atoms with Gasteiger partial charge in [-0.1, -0.05) is 18.2 Å². The summed E-state index contributed by atoms with van der Waals surface area (Å²) in [6, 6.07) is 13.5. The molecule has 0 saturated carbocycles. The molecule has 1 heterocycles. The van der Waals surface area contributed by atoms with Gasteiger partial charge in [-0.25, -0.2) is 9.07 Å². The van der Waals surface area contributed by atoms with Crippen LogP contribution in [0.1, 0.15) is 11.3 Å². The smallest absolute Gasteiger partial charge is 0.269 e. The van der Waals surface area contributed by atoms with E-state index in [-0.39, 0.29) is 12.1 Å². The van der Waals surface area contributed by atoms with Gasteiger partial charge >= 0.3 is 0 Å². The molecule has 132 valence electrons. The summed E-state index contributed by atoms with van der Waals surface area (Å²) >= 11 is 0. The first-order valence-corrected chi connectivity index (χ1v) is 7.79. The van der Waals surface area contributed by atoms with E-state index >= 15 is 0 Å². The summed E-state index contributed by atoms with van der Waals surface area (Å²) in [5.41, 5.74) is 1.47. The number of carbonyl (C=O) groups excluding carboxylic acids is 1. The van der Waals surface area contributed by atoms with Crippen molar-refractivity contribution in [2.45, 2.75) is 13.3 Å². The number of nitrogens with zero attached hydrogens (tertiary/aromatic N) is 3. The van der Waals surface area contributed by atoms with Crippen LogP contribution in [0, 0.1) is 22.9 Å². The fraction of sp³-hybridized carbons (Fsp3) is 0.111. The summed E-state index contributed by atoms with van der Waals surface area (Å²) in [6.07, 6.45) is -0.114. The van der Waals surface area contributed by atoms with Crippen molar-refractivity contribution in [3.8, 4) is 5.69 Å². The number of amides is 1. The molecule has 0 bridgehead atoms. The summed E-state index contributed by atoms with van der Waals surface area (Å²) in [6.45, 7) is 1.76. The normalized spacial score (nSPS) is 10.5. The fourth-order valence-corrected chi connectivity index (χ4v) is 2.50. The summed E-state index contributed by atoms with van der Waals surface area (Å²) in [5, 5.41) is 17.8. The Bertz CT molecular complexity index is 967. The van der Waals surface area contributed by atoms with Crippen LogP contribution < -0.4 is 5.32 Å². The molecule has 0 atom stereocenters. The number of rotatable bonds is 5. The molecule has 8 heteroatoms. The molecule has 0 aliphatic rings. The molecule has 0 aliphatic heterocycles. The summed E-state index contributed by atoms with van der Waals surface area (Å²) < 4.78 is 15.2. The topological polar surface area (TPSA) is 90.1 Å². The van der Waals surface area contributed by atoms with Gasteiger partial charge in [0, 0.05) is 18.2 Å². The average molecular weight is 354 g/mol. The monoisotopic (exact) mass is 354 g/mol. The van der Waals surface area contributed by atoms with Gasteiger partial charge in [-0.15, -0.1) is 0 Å². The Labute approximate surface area is 148 Å². The lowest BCUT2D eigenvalue weighted by atomic mass is 10.1. The quantitative estimate of drug-likeness (QED) is 0.561. The second-order valence-electron chi connectivity index (χ2n) is 5.67. The molecule has 0 unspecified atom stereocenters. The molecular formula is C18H15FN4O3.